The molecule has 0 aliphatic rings. The number of aliphatic hydroxyl groups excluding tert-OH is 1. The number of hydrogen-bond acceptors (Lipinski definition) is 5. The number of thioether (sulfide) groups is 1. The molecule has 0 aromatic carbocycles. The molecule has 0 saturated carbocycles. The summed E-state index contributed by atoms with van der Waals surface area (Å²) in [5.41, 5.74) is 0.568. The molecule has 2 heterocycles. The van der Waals surface area contributed by atoms with Crippen molar-refractivity contribution in [3.05, 3.63) is 33.0 Å². The molecular weight excluding hydrogens is 292 g/mol. The van der Waals surface area contributed by atoms with Gasteiger partial charge in [-0.3, -0.25) is 14.3 Å². The van der Waals surface area contributed by atoms with Gasteiger partial charge in [-0.25, -0.2) is 9.78 Å². The Morgan fingerprint density at radius 2 is 2.19 bits per heavy atom. The number of rotatable bonds is 5. The van der Waals surface area contributed by atoms with Gasteiger partial charge in [0.2, 0.25) is 0 Å². The number of aliphatic hydroxyl groups is 1. The van der Waals surface area contributed by atoms with Crippen LogP contribution in [0.5, 0.6) is 0 Å². The van der Waals surface area contributed by atoms with Crippen LogP contribution in [0.4, 0.5) is 0 Å². The van der Waals surface area contributed by atoms with Crippen molar-refractivity contribution in [1.82, 2.24) is 19.1 Å². The van der Waals surface area contributed by atoms with Gasteiger partial charge in [0.05, 0.1) is 6.10 Å². The molecule has 2 aromatic heterocycles. The zero-order chi connectivity index (χ0) is 15.7. The fraction of sp³-hybridized carbons (Fsp3) is 0.462. The Morgan fingerprint density at radius 3 is 2.76 bits per heavy atom. The Labute approximate surface area is 125 Å². The van der Waals surface area contributed by atoms with Gasteiger partial charge in [0.25, 0.3) is 5.56 Å². The molecule has 8 heteroatoms. The first-order valence-corrected chi connectivity index (χ1v) is 7.44. The number of H-pyrrole nitrogens is 1. The molecule has 2 aromatic rings. The van der Waals surface area contributed by atoms with Crippen molar-refractivity contribution in [2.45, 2.75) is 31.7 Å². The SMILES string of the molecule is C=C(C)Cn1c(SCC(C)O)nc2c1c(=O)[nH]c(=O)n2C. The maximum absolute atomic E-state index is 12.1. The van der Waals surface area contributed by atoms with E-state index in [-0.39, 0.29) is 0 Å². The van der Waals surface area contributed by atoms with Crippen molar-refractivity contribution < 1.29 is 5.11 Å². The van der Waals surface area contributed by atoms with Crippen molar-refractivity contribution >= 4 is 22.9 Å². The molecule has 21 heavy (non-hydrogen) atoms. The van der Waals surface area contributed by atoms with E-state index >= 15 is 0 Å². The number of aromatic amines is 1. The predicted molar refractivity (Wildman–Crippen MR) is 82.8 cm³/mol. The highest BCUT2D eigenvalue weighted by molar-refractivity contribution is 7.99. The van der Waals surface area contributed by atoms with Gasteiger partial charge in [-0.1, -0.05) is 23.9 Å². The zero-order valence-electron chi connectivity index (χ0n) is 12.2. The Hall–Kier alpha value is -1.80. The molecule has 2 N–H and O–H groups in total. The molecule has 7 nitrogen and oxygen atoms in total. The second-order valence-corrected chi connectivity index (χ2v) is 6.08. The topological polar surface area (TPSA) is 92.9 Å². The van der Waals surface area contributed by atoms with E-state index in [0.29, 0.717) is 28.6 Å². The molecule has 0 bridgehead atoms. The summed E-state index contributed by atoms with van der Waals surface area (Å²) < 4.78 is 3.03. The fourth-order valence-electron chi connectivity index (χ4n) is 1.94. The van der Waals surface area contributed by atoms with Crippen LogP contribution in [0.15, 0.2) is 26.9 Å². The van der Waals surface area contributed by atoms with Gasteiger partial charge in [-0.15, -0.1) is 0 Å². The Balaban J connectivity index is 2.69. The van der Waals surface area contributed by atoms with Gasteiger partial charge < -0.3 is 9.67 Å². The number of aryl methyl sites for hydroxylation is 1. The smallest absolute Gasteiger partial charge is 0.329 e. The van der Waals surface area contributed by atoms with E-state index in [9.17, 15) is 14.7 Å². The number of allylic oxidation sites excluding steroid dienone is 1. The van der Waals surface area contributed by atoms with Crippen LogP contribution in [0.1, 0.15) is 13.8 Å². The van der Waals surface area contributed by atoms with Gasteiger partial charge in [-0.05, 0) is 13.8 Å². The molecule has 114 valence electrons. The molecule has 0 radical (unpaired) electrons. The second-order valence-electron chi connectivity index (χ2n) is 5.09. The summed E-state index contributed by atoms with van der Waals surface area (Å²) in [6.45, 7) is 7.82. The second kappa shape index (κ2) is 5.90. The Bertz CT molecular complexity index is 800. The lowest BCUT2D eigenvalue weighted by molar-refractivity contribution is 0.220. The van der Waals surface area contributed by atoms with Gasteiger partial charge in [0.1, 0.15) is 0 Å². The normalized spacial score (nSPS) is 12.8. The average Bonchev–Trinajstić information content (AvgIpc) is 2.72. The third-order valence-corrected chi connectivity index (χ3v) is 4.07. The lowest BCUT2D eigenvalue weighted by atomic mass is 10.3. The molecular formula is C13H18N4O3S. The van der Waals surface area contributed by atoms with Gasteiger partial charge >= 0.3 is 5.69 Å². The van der Waals surface area contributed by atoms with Gasteiger partial charge in [-0.2, -0.15) is 0 Å². The first kappa shape index (κ1) is 15.6. The first-order valence-electron chi connectivity index (χ1n) is 6.46. The Kier molecular flexibility index (Phi) is 4.38. The molecule has 1 atom stereocenters. The van der Waals surface area contributed by atoms with Crippen LogP contribution < -0.4 is 11.2 Å². The monoisotopic (exact) mass is 310 g/mol. The lowest BCUT2D eigenvalue weighted by Gasteiger charge is -2.08. The minimum Gasteiger partial charge on any atom is -0.393 e. The van der Waals surface area contributed by atoms with Crippen LogP contribution in [0.25, 0.3) is 11.2 Å². The van der Waals surface area contributed by atoms with Gasteiger partial charge in [0.15, 0.2) is 16.3 Å². The maximum atomic E-state index is 12.1. The average molecular weight is 310 g/mol. The van der Waals surface area contributed by atoms with Crippen LogP contribution >= 0.6 is 11.8 Å². The maximum Gasteiger partial charge on any atom is 0.329 e. The first-order chi connectivity index (χ1) is 9.81. The van der Waals surface area contributed by atoms with Crippen LogP contribution in [0.3, 0.4) is 0 Å². The molecule has 0 aliphatic carbocycles. The summed E-state index contributed by atoms with van der Waals surface area (Å²) in [5, 5.41) is 10.00. The molecule has 0 amide bonds. The third kappa shape index (κ3) is 3.11. The van der Waals surface area contributed by atoms with E-state index in [2.05, 4.69) is 16.5 Å². The highest BCUT2D eigenvalue weighted by atomic mass is 32.2. The highest BCUT2D eigenvalue weighted by Crippen LogP contribution is 2.22. The molecule has 0 aliphatic heterocycles. The largest absolute Gasteiger partial charge is 0.393 e. The predicted octanol–water partition coefficient (Wildman–Crippen LogP) is 0.472. The minimum atomic E-state index is -0.500. The van der Waals surface area contributed by atoms with E-state index in [4.69, 9.17) is 0 Å². The summed E-state index contributed by atoms with van der Waals surface area (Å²) in [7, 11) is 1.56. The summed E-state index contributed by atoms with van der Waals surface area (Å²) in [6, 6.07) is 0. The number of fused-ring (bicyclic) bond motifs is 1. The molecule has 0 spiro atoms. The van der Waals surface area contributed by atoms with Crippen LogP contribution in [-0.2, 0) is 13.6 Å². The van der Waals surface area contributed by atoms with Crippen LogP contribution in [-0.4, -0.2) is 36.1 Å². The number of aromatic nitrogens is 4. The zero-order valence-corrected chi connectivity index (χ0v) is 13.0. The fourth-order valence-corrected chi connectivity index (χ4v) is 2.79. The minimum absolute atomic E-state index is 0.332. The van der Waals surface area contributed by atoms with Crippen molar-refractivity contribution in [3.8, 4) is 0 Å². The lowest BCUT2D eigenvalue weighted by Crippen LogP contribution is -2.29. The Morgan fingerprint density at radius 1 is 1.52 bits per heavy atom. The van der Waals surface area contributed by atoms with Gasteiger partial charge in [0, 0.05) is 19.3 Å². The molecule has 0 fully saturated rings. The van der Waals surface area contributed by atoms with Crippen LogP contribution in [0.2, 0.25) is 0 Å². The highest BCUT2D eigenvalue weighted by Gasteiger charge is 2.17. The van der Waals surface area contributed by atoms with E-state index < -0.39 is 17.4 Å². The van der Waals surface area contributed by atoms with E-state index in [0.717, 1.165) is 5.57 Å². The van der Waals surface area contributed by atoms with E-state index in [1.165, 1.54) is 16.3 Å². The number of hydrogen-bond donors (Lipinski definition) is 2. The van der Waals surface area contributed by atoms with Crippen molar-refractivity contribution in [2.24, 2.45) is 7.05 Å². The quantitative estimate of drug-likeness (QED) is 0.619. The van der Waals surface area contributed by atoms with E-state index in [1.54, 1.807) is 18.5 Å². The number of nitrogens with one attached hydrogen (secondary N) is 1. The summed E-state index contributed by atoms with van der Waals surface area (Å²) in [5.74, 6) is 0.450. The molecule has 1 unspecified atom stereocenters. The number of imidazole rings is 1. The molecule has 2 rings (SSSR count). The summed E-state index contributed by atoms with van der Waals surface area (Å²) in [4.78, 5) is 30.4. The number of nitrogens with zero attached hydrogens (tertiary/aromatic N) is 3. The summed E-state index contributed by atoms with van der Waals surface area (Å²) in [6.07, 6.45) is -0.491. The van der Waals surface area contributed by atoms with Crippen molar-refractivity contribution in [1.29, 1.82) is 0 Å². The van der Waals surface area contributed by atoms with E-state index in [1.807, 2.05) is 6.92 Å². The molecule has 0 saturated heterocycles. The third-order valence-electron chi connectivity index (χ3n) is 2.85. The van der Waals surface area contributed by atoms with Crippen molar-refractivity contribution in [2.75, 3.05) is 5.75 Å². The summed E-state index contributed by atoms with van der Waals surface area (Å²) >= 11 is 1.34. The van der Waals surface area contributed by atoms with Crippen LogP contribution in [0, 0.1) is 0 Å². The van der Waals surface area contributed by atoms with Crippen molar-refractivity contribution in [3.63, 3.8) is 0 Å². The standard InChI is InChI=1S/C13H18N4O3S/c1-7(2)5-17-9-10(14-13(17)21-6-8(3)18)16(4)12(20)15-11(9)19/h8,18H,1,5-6H2,2-4H3,(H,15,19,20).